The average Bonchev–Trinajstić information content (AvgIpc) is 3.44. The van der Waals surface area contributed by atoms with Gasteiger partial charge >= 0.3 is 0 Å². The van der Waals surface area contributed by atoms with E-state index in [2.05, 4.69) is 68.0 Å². The number of hydrogen-bond acceptors (Lipinski definition) is 8. The number of piperazine rings is 1. The molecule has 0 radical (unpaired) electrons. The van der Waals surface area contributed by atoms with Gasteiger partial charge in [-0.25, -0.2) is 19.3 Å². The molecule has 3 N–H and O–H groups in total. The molecule has 4 aromatic heterocycles. The Hall–Kier alpha value is -4.48. The molecule has 1 aromatic carbocycles. The van der Waals surface area contributed by atoms with Crippen LogP contribution in [0.4, 0.5) is 17.3 Å². The highest BCUT2D eigenvalue weighted by molar-refractivity contribution is 5.96. The van der Waals surface area contributed by atoms with E-state index in [0.29, 0.717) is 34.5 Å². The summed E-state index contributed by atoms with van der Waals surface area (Å²) in [6, 6.07) is 12.1. The fourth-order valence-electron chi connectivity index (χ4n) is 5.46. The third-order valence-electron chi connectivity index (χ3n) is 7.50. The predicted octanol–water partition coefficient (Wildman–Crippen LogP) is 3.42. The van der Waals surface area contributed by atoms with Gasteiger partial charge in [-0.1, -0.05) is 12.1 Å². The normalized spacial score (nSPS) is 16.0. The molecule has 41 heavy (non-hydrogen) atoms. The number of anilines is 3. The van der Waals surface area contributed by atoms with Gasteiger partial charge in [0.05, 0.1) is 17.8 Å². The molecule has 6 rings (SSSR count). The van der Waals surface area contributed by atoms with E-state index >= 15 is 0 Å². The number of allylic oxidation sites excluding steroid dienone is 1. The van der Waals surface area contributed by atoms with Crippen LogP contribution in [0.15, 0.2) is 66.2 Å². The van der Waals surface area contributed by atoms with Gasteiger partial charge in [0.25, 0.3) is 5.56 Å². The Balaban J connectivity index is 1.46. The lowest BCUT2D eigenvalue weighted by Crippen LogP contribution is -2.49. The van der Waals surface area contributed by atoms with Gasteiger partial charge in [-0.3, -0.25) is 4.79 Å². The van der Waals surface area contributed by atoms with Crippen molar-refractivity contribution in [1.29, 1.82) is 0 Å². The van der Waals surface area contributed by atoms with Crippen molar-refractivity contribution in [3.63, 3.8) is 0 Å². The predicted molar refractivity (Wildman–Crippen MR) is 162 cm³/mol. The molecule has 5 heterocycles. The molecule has 1 saturated heterocycles. The van der Waals surface area contributed by atoms with Crippen LogP contribution in [0.3, 0.4) is 0 Å². The van der Waals surface area contributed by atoms with Crippen molar-refractivity contribution in [1.82, 2.24) is 34.2 Å². The van der Waals surface area contributed by atoms with Crippen molar-refractivity contribution in [2.75, 3.05) is 29.9 Å². The van der Waals surface area contributed by atoms with E-state index in [4.69, 9.17) is 4.98 Å². The van der Waals surface area contributed by atoms with E-state index < -0.39 is 5.60 Å². The number of pyridine rings is 1. The highest BCUT2D eigenvalue weighted by atomic mass is 16.3. The van der Waals surface area contributed by atoms with E-state index in [9.17, 15) is 9.90 Å². The first kappa shape index (κ1) is 26.7. The van der Waals surface area contributed by atoms with Crippen LogP contribution in [0.2, 0.25) is 0 Å². The molecule has 1 aliphatic heterocycles. The van der Waals surface area contributed by atoms with E-state index in [-0.39, 0.29) is 12.1 Å². The minimum Gasteiger partial charge on any atom is -0.384 e. The summed E-state index contributed by atoms with van der Waals surface area (Å²) >= 11 is 0. The molecule has 212 valence electrons. The molecular formula is C30H35N9O2. The van der Waals surface area contributed by atoms with E-state index in [1.54, 1.807) is 49.0 Å². The maximum Gasteiger partial charge on any atom is 0.278 e. The maximum absolute atomic E-state index is 13.4. The summed E-state index contributed by atoms with van der Waals surface area (Å²) in [6.45, 7) is 12.4. The number of nitrogens with zero attached hydrogens (tertiary/aromatic N) is 7. The van der Waals surface area contributed by atoms with E-state index in [0.717, 1.165) is 36.5 Å². The van der Waals surface area contributed by atoms with Crippen LogP contribution in [0.25, 0.3) is 27.8 Å². The van der Waals surface area contributed by atoms with E-state index in [1.807, 2.05) is 7.05 Å². The summed E-state index contributed by atoms with van der Waals surface area (Å²) in [7, 11) is 2.04. The molecule has 1 fully saturated rings. The lowest BCUT2D eigenvalue weighted by molar-refractivity contribution is 0.0738. The zero-order valence-electron chi connectivity index (χ0n) is 23.8. The van der Waals surface area contributed by atoms with Gasteiger partial charge in [0.15, 0.2) is 11.5 Å². The minimum atomic E-state index is -1.15. The SMILES string of the molecule is C=CCn1c(=O)c2cnc(Nc3cc(N4CCN[C@H](C)C4)c4ccn(C)c4c3)nc2n1-c1cccc(C(C)(C)O)n1. The number of fused-ring (bicyclic) bond motifs is 2. The standard InChI is InChI=1S/C30H35N9O2/c1-6-12-38-28(40)22-17-32-29(35-27(22)39(38)26-9-7-8-25(34-26)30(3,4)41)33-20-15-23-21(10-13-36(23)5)24(16-20)37-14-11-31-19(2)18-37/h6-10,13,15-17,19,31,41H,1,11-12,14,18H2,2-5H3,(H,32,33,35)/t19-/m1/s1. The first-order chi connectivity index (χ1) is 19.6. The van der Waals surface area contributed by atoms with Crippen LogP contribution in [-0.2, 0) is 19.2 Å². The molecule has 0 bridgehead atoms. The monoisotopic (exact) mass is 553 g/mol. The van der Waals surface area contributed by atoms with Gasteiger partial charge in [-0.15, -0.1) is 6.58 Å². The third kappa shape index (κ3) is 4.87. The second kappa shape index (κ2) is 10.2. The Morgan fingerprint density at radius 3 is 2.80 bits per heavy atom. The Kier molecular flexibility index (Phi) is 6.63. The highest BCUT2D eigenvalue weighted by Gasteiger charge is 2.23. The Morgan fingerprint density at radius 1 is 1.22 bits per heavy atom. The van der Waals surface area contributed by atoms with Gasteiger partial charge in [0.2, 0.25) is 5.95 Å². The number of rotatable bonds is 7. The number of hydrogen-bond donors (Lipinski definition) is 3. The summed E-state index contributed by atoms with van der Waals surface area (Å²) in [4.78, 5) is 29.8. The molecule has 5 aromatic rings. The zero-order valence-corrected chi connectivity index (χ0v) is 23.8. The summed E-state index contributed by atoms with van der Waals surface area (Å²) in [6.07, 6.45) is 5.27. The van der Waals surface area contributed by atoms with Gasteiger partial charge in [-0.05, 0) is 51.1 Å². The van der Waals surface area contributed by atoms with Crippen molar-refractivity contribution >= 4 is 39.3 Å². The Morgan fingerprint density at radius 2 is 2.05 bits per heavy atom. The maximum atomic E-state index is 13.4. The van der Waals surface area contributed by atoms with Gasteiger partial charge < -0.3 is 25.2 Å². The minimum absolute atomic E-state index is 0.248. The molecule has 11 heteroatoms. The van der Waals surface area contributed by atoms with Gasteiger partial charge in [0.1, 0.15) is 11.0 Å². The number of nitrogens with one attached hydrogen (secondary N) is 2. The molecule has 1 atom stereocenters. The molecule has 0 saturated carbocycles. The van der Waals surface area contributed by atoms with Crippen molar-refractivity contribution in [3.8, 4) is 5.82 Å². The van der Waals surface area contributed by atoms with Crippen molar-refractivity contribution < 1.29 is 5.11 Å². The summed E-state index contributed by atoms with van der Waals surface area (Å²) in [5, 5.41) is 19.0. The molecular weight excluding hydrogens is 518 g/mol. The van der Waals surface area contributed by atoms with Crippen LogP contribution < -0.4 is 21.1 Å². The number of benzene rings is 1. The second-order valence-corrected chi connectivity index (χ2v) is 11.1. The molecule has 0 spiro atoms. The van der Waals surface area contributed by atoms with Crippen molar-refractivity contribution in [2.24, 2.45) is 7.05 Å². The Labute approximate surface area is 237 Å². The van der Waals surface area contributed by atoms with Gasteiger partial charge in [-0.2, -0.15) is 4.98 Å². The number of aliphatic hydroxyl groups is 1. The Bertz CT molecular complexity index is 1830. The van der Waals surface area contributed by atoms with Crippen LogP contribution in [0.1, 0.15) is 26.5 Å². The van der Waals surface area contributed by atoms with Crippen molar-refractivity contribution in [3.05, 3.63) is 77.5 Å². The molecule has 1 aliphatic rings. The number of aryl methyl sites for hydroxylation is 1. The number of aromatic nitrogens is 6. The highest BCUT2D eigenvalue weighted by Crippen LogP contribution is 2.33. The second-order valence-electron chi connectivity index (χ2n) is 11.1. The molecule has 0 amide bonds. The van der Waals surface area contributed by atoms with Crippen LogP contribution in [-0.4, -0.2) is 59.7 Å². The first-order valence-corrected chi connectivity index (χ1v) is 13.8. The van der Waals surface area contributed by atoms with E-state index in [1.165, 1.54) is 10.1 Å². The zero-order chi connectivity index (χ0) is 28.9. The summed E-state index contributed by atoms with van der Waals surface area (Å²) in [5.74, 6) is 0.817. The summed E-state index contributed by atoms with van der Waals surface area (Å²) in [5.41, 5.74) is 2.59. The average molecular weight is 554 g/mol. The molecule has 11 nitrogen and oxygen atoms in total. The van der Waals surface area contributed by atoms with Crippen LogP contribution in [0.5, 0.6) is 0 Å². The van der Waals surface area contributed by atoms with Gasteiger partial charge in [0, 0.05) is 61.9 Å². The lowest BCUT2D eigenvalue weighted by atomic mass is 10.1. The van der Waals surface area contributed by atoms with Crippen molar-refractivity contribution in [2.45, 2.75) is 39.0 Å². The fraction of sp³-hybridized carbons (Fsp3) is 0.333. The quantitative estimate of drug-likeness (QED) is 0.263. The summed E-state index contributed by atoms with van der Waals surface area (Å²) < 4.78 is 5.29. The first-order valence-electron chi connectivity index (χ1n) is 13.8. The topological polar surface area (TPSA) is 118 Å². The fourth-order valence-corrected chi connectivity index (χ4v) is 5.46. The third-order valence-corrected chi connectivity index (χ3v) is 7.50. The van der Waals surface area contributed by atoms with Crippen LogP contribution >= 0.6 is 0 Å². The largest absolute Gasteiger partial charge is 0.384 e. The molecule has 0 unspecified atom stereocenters. The molecule has 0 aliphatic carbocycles. The van der Waals surface area contributed by atoms with Crippen LogP contribution in [0, 0.1) is 0 Å². The smallest absolute Gasteiger partial charge is 0.278 e. The lowest BCUT2D eigenvalue weighted by Gasteiger charge is -2.34.